The summed E-state index contributed by atoms with van der Waals surface area (Å²) in [7, 11) is 0. The van der Waals surface area contributed by atoms with Crippen molar-refractivity contribution in [3.05, 3.63) is 147 Å². The van der Waals surface area contributed by atoms with Crippen LogP contribution in [-0.4, -0.2) is 22.1 Å². The van der Waals surface area contributed by atoms with E-state index in [-0.39, 0.29) is 24.5 Å². The monoisotopic (exact) mass is 653 g/mol. The second kappa shape index (κ2) is 12.7. The molecule has 46 heavy (non-hydrogen) atoms. The standard InChI is InChI=1S/C35H28ClN3O6S/c1-4-44-34(41)31-21(3)37-35-38(32(31)24-12-9-20(2)28(17-24)39(42)43)33(40)30(46-35)18-27-26-8-6-5-7-23(26)13-16-29(27)45-19-22-10-14-25(36)15-11-22/h5-18,32H,4,19H2,1-3H3/b30-18+/t32-/m0/s1. The first-order chi connectivity index (χ1) is 22.2. The van der Waals surface area contributed by atoms with E-state index in [0.717, 1.165) is 16.3 Å². The minimum atomic E-state index is -0.982. The normalized spacial score (nSPS) is 14.6. The molecule has 11 heteroatoms. The Hall–Kier alpha value is -5.06. The Kier molecular flexibility index (Phi) is 8.57. The second-order valence-corrected chi connectivity index (χ2v) is 12.2. The molecule has 1 aliphatic heterocycles. The number of rotatable bonds is 8. The van der Waals surface area contributed by atoms with Crippen molar-refractivity contribution in [1.82, 2.24) is 4.57 Å². The molecule has 0 fully saturated rings. The highest BCUT2D eigenvalue weighted by Crippen LogP contribution is 2.34. The van der Waals surface area contributed by atoms with Crippen LogP contribution >= 0.6 is 22.9 Å². The van der Waals surface area contributed by atoms with Crippen LogP contribution in [0.4, 0.5) is 5.69 Å². The summed E-state index contributed by atoms with van der Waals surface area (Å²) >= 11 is 7.22. The maximum Gasteiger partial charge on any atom is 0.338 e. The number of carbonyl (C=O) groups excluding carboxylic acids is 1. The number of esters is 1. The summed E-state index contributed by atoms with van der Waals surface area (Å²) in [4.78, 5) is 43.9. The average molecular weight is 654 g/mol. The van der Waals surface area contributed by atoms with Crippen LogP contribution in [0.25, 0.3) is 16.8 Å². The summed E-state index contributed by atoms with van der Waals surface area (Å²) in [5.74, 6) is -0.0632. The second-order valence-electron chi connectivity index (χ2n) is 10.7. The number of aromatic nitrogens is 1. The number of ether oxygens (including phenoxy) is 2. The lowest BCUT2D eigenvalue weighted by Gasteiger charge is -2.24. The average Bonchev–Trinajstić information content (AvgIpc) is 3.34. The number of aryl methyl sites for hydroxylation is 1. The predicted molar refractivity (Wildman–Crippen MR) is 178 cm³/mol. The third-order valence-corrected chi connectivity index (χ3v) is 9.01. The van der Waals surface area contributed by atoms with Crippen LogP contribution in [0.2, 0.25) is 5.02 Å². The summed E-state index contributed by atoms with van der Waals surface area (Å²) in [6.45, 7) is 5.39. The number of thiazole rings is 1. The lowest BCUT2D eigenvalue weighted by molar-refractivity contribution is -0.385. The summed E-state index contributed by atoms with van der Waals surface area (Å²) in [6.07, 6.45) is 1.78. The van der Waals surface area contributed by atoms with Crippen molar-refractivity contribution in [3.8, 4) is 5.75 Å². The number of carbonyl (C=O) groups is 1. The Labute approximate surface area is 272 Å². The maximum atomic E-state index is 14.3. The van der Waals surface area contributed by atoms with Crippen LogP contribution in [0.5, 0.6) is 5.75 Å². The Morgan fingerprint density at radius 3 is 2.59 bits per heavy atom. The van der Waals surface area contributed by atoms with Gasteiger partial charge in [0.15, 0.2) is 4.80 Å². The summed E-state index contributed by atoms with van der Waals surface area (Å²) in [6, 6.07) is 22.7. The van der Waals surface area contributed by atoms with Gasteiger partial charge in [0, 0.05) is 22.2 Å². The fraction of sp³-hybridized carbons (Fsp3) is 0.171. The smallest absolute Gasteiger partial charge is 0.338 e. The van der Waals surface area contributed by atoms with Gasteiger partial charge in [0.05, 0.1) is 33.4 Å². The van der Waals surface area contributed by atoms with Crippen molar-refractivity contribution in [3.63, 3.8) is 0 Å². The van der Waals surface area contributed by atoms with Crippen molar-refractivity contribution in [1.29, 1.82) is 0 Å². The van der Waals surface area contributed by atoms with Crippen LogP contribution < -0.4 is 19.6 Å². The molecule has 5 aromatic rings. The number of benzene rings is 4. The van der Waals surface area contributed by atoms with Gasteiger partial charge in [0.1, 0.15) is 12.4 Å². The van der Waals surface area contributed by atoms with Gasteiger partial charge in [0.2, 0.25) is 0 Å². The number of nitro benzene ring substituents is 1. The molecule has 0 unspecified atom stereocenters. The van der Waals surface area contributed by atoms with Gasteiger partial charge in [-0.1, -0.05) is 77.5 Å². The molecular formula is C35H28ClN3O6S. The van der Waals surface area contributed by atoms with Crippen molar-refractivity contribution in [2.24, 2.45) is 4.99 Å². The maximum absolute atomic E-state index is 14.3. The van der Waals surface area contributed by atoms with Gasteiger partial charge in [-0.2, -0.15) is 0 Å². The topological polar surface area (TPSA) is 113 Å². The minimum absolute atomic E-state index is 0.112. The lowest BCUT2D eigenvalue weighted by atomic mass is 9.94. The SMILES string of the molecule is CCOC(=O)C1=C(C)N=c2s/c(=C/c3c(OCc4ccc(Cl)cc4)ccc4ccccc34)c(=O)n2[C@H]1c1ccc(C)c([N+](=O)[O-])c1. The molecule has 2 heterocycles. The number of fused-ring (bicyclic) bond motifs is 2. The Balaban J connectivity index is 1.54. The first-order valence-corrected chi connectivity index (χ1v) is 15.7. The zero-order valence-corrected chi connectivity index (χ0v) is 26.7. The molecule has 0 radical (unpaired) electrons. The number of halogens is 1. The molecule has 0 aliphatic carbocycles. The molecular weight excluding hydrogens is 626 g/mol. The van der Waals surface area contributed by atoms with Crippen molar-refractivity contribution in [2.75, 3.05) is 6.61 Å². The molecule has 0 spiro atoms. The van der Waals surface area contributed by atoms with E-state index in [1.54, 1.807) is 51.1 Å². The Bertz CT molecular complexity index is 2240. The molecule has 0 saturated heterocycles. The zero-order valence-electron chi connectivity index (χ0n) is 25.2. The van der Waals surface area contributed by atoms with E-state index in [1.807, 2.05) is 48.5 Å². The third-order valence-electron chi connectivity index (χ3n) is 7.78. The third kappa shape index (κ3) is 5.84. The lowest BCUT2D eigenvalue weighted by Crippen LogP contribution is -2.40. The quantitative estimate of drug-likeness (QED) is 0.109. The van der Waals surface area contributed by atoms with Gasteiger partial charge in [0.25, 0.3) is 11.2 Å². The molecule has 4 aromatic carbocycles. The highest BCUT2D eigenvalue weighted by atomic mass is 35.5. The molecule has 9 nitrogen and oxygen atoms in total. The molecule has 232 valence electrons. The summed E-state index contributed by atoms with van der Waals surface area (Å²) in [5, 5.41) is 14.3. The van der Waals surface area contributed by atoms with Gasteiger partial charge in [-0.25, -0.2) is 9.79 Å². The molecule has 6 rings (SSSR count). The van der Waals surface area contributed by atoms with E-state index in [2.05, 4.69) is 4.99 Å². The molecule has 1 atom stereocenters. The number of hydrogen-bond donors (Lipinski definition) is 0. The number of nitrogens with zero attached hydrogens (tertiary/aromatic N) is 3. The number of hydrogen-bond acceptors (Lipinski definition) is 8. The van der Waals surface area contributed by atoms with Crippen LogP contribution in [0.15, 0.2) is 99.9 Å². The van der Waals surface area contributed by atoms with E-state index in [9.17, 15) is 19.7 Å². The van der Waals surface area contributed by atoms with E-state index in [1.165, 1.54) is 22.0 Å². The van der Waals surface area contributed by atoms with Gasteiger partial charge < -0.3 is 9.47 Å². The first-order valence-electron chi connectivity index (χ1n) is 14.5. The Morgan fingerprint density at radius 1 is 1.09 bits per heavy atom. The first kappa shape index (κ1) is 30.9. The molecule has 0 amide bonds. The van der Waals surface area contributed by atoms with Gasteiger partial charge in [-0.15, -0.1) is 0 Å². The van der Waals surface area contributed by atoms with Crippen LogP contribution in [0.3, 0.4) is 0 Å². The van der Waals surface area contributed by atoms with Crippen molar-refractivity contribution in [2.45, 2.75) is 33.4 Å². The van der Waals surface area contributed by atoms with Crippen molar-refractivity contribution >= 4 is 51.4 Å². The molecule has 1 aliphatic rings. The molecule has 1 aromatic heterocycles. The van der Waals surface area contributed by atoms with Gasteiger partial charge in [-0.3, -0.25) is 19.5 Å². The van der Waals surface area contributed by atoms with E-state index in [4.69, 9.17) is 21.1 Å². The number of allylic oxidation sites excluding steroid dienone is 1. The van der Waals surface area contributed by atoms with Gasteiger partial charge >= 0.3 is 5.97 Å². The summed E-state index contributed by atoms with van der Waals surface area (Å²) < 4.78 is 13.4. The molecule has 0 saturated carbocycles. The summed E-state index contributed by atoms with van der Waals surface area (Å²) in [5.41, 5.74) is 2.51. The van der Waals surface area contributed by atoms with Crippen LogP contribution in [0.1, 0.15) is 42.1 Å². The van der Waals surface area contributed by atoms with E-state index < -0.39 is 22.5 Å². The minimum Gasteiger partial charge on any atom is -0.488 e. The Morgan fingerprint density at radius 2 is 1.85 bits per heavy atom. The van der Waals surface area contributed by atoms with Gasteiger partial charge in [-0.05, 0) is 66.9 Å². The fourth-order valence-electron chi connectivity index (χ4n) is 5.52. The largest absolute Gasteiger partial charge is 0.488 e. The van der Waals surface area contributed by atoms with Crippen LogP contribution in [0, 0.1) is 17.0 Å². The predicted octanol–water partition coefficient (Wildman–Crippen LogP) is 6.40. The van der Waals surface area contributed by atoms with E-state index in [0.29, 0.717) is 42.5 Å². The van der Waals surface area contributed by atoms with Crippen molar-refractivity contribution < 1.29 is 19.2 Å². The molecule has 0 N–H and O–H groups in total. The zero-order chi connectivity index (χ0) is 32.5. The van der Waals surface area contributed by atoms with Crippen LogP contribution in [-0.2, 0) is 16.1 Å². The highest BCUT2D eigenvalue weighted by Gasteiger charge is 2.34. The van der Waals surface area contributed by atoms with E-state index >= 15 is 0 Å². The number of nitro groups is 1. The highest BCUT2D eigenvalue weighted by molar-refractivity contribution is 7.07. The fourth-order valence-corrected chi connectivity index (χ4v) is 6.68. The molecule has 0 bridgehead atoms.